The van der Waals surface area contributed by atoms with Gasteiger partial charge in [0.1, 0.15) is 11.5 Å². The second kappa shape index (κ2) is 9.89. The van der Waals surface area contributed by atoms with Crippen molar-refractivity contribution >= 4 is 23.2 Å². The molecule has 2 N–H and O–H groups in total. The first-order chi connectivity index (χ1) is 11.4. The third-order valence-corrected chi connectivity index (χ3v) is 2.82. The SMILES string of the molecule is COc1ccc(NC(C)=O)cc1.COc1ccc(NC(C)=O)cc1. The molecule has 6 nitrogen and oxygen atoms in total. The van der Waals surface area contributed by atoms with E-state index in [0.717, 1.165) is 22.9 Å². The van der Waals surface area contributed by atoms with Crippen molar-refractivity contribution in [1.82, 2.24) is 0 Å². The van der Waals surface area contributed by atoms with Crippen molar-refractivity contribution < 1.29 is 19.1 Å². The monoisotopic (exact) mass is 330 g/mol. The predicted molar refractivity (Wildman–Crippen MR) is 94.6 cm³/mol. The number of carbonyl (C=O) groups is 2. The first-order valence-electron chi connectivity index (χ1n) is 7.28. The molecule has 0 saturated carbocycles. The van der Waals surface area contributed by atoms with Crippen molar-refractivity contribution in [3.8, 4) is 11.5 Å². The van der Waals surface area contributed by atoms with Crippen molar-refractivity contribution in [2.24, 2.45) is 0 Å². The van der Waals surface area contributed by atoms with Crippen LogP contribution in [-0.4, -0.2) is 26.0 Å². The minimum absolute atomic E-state index is 0.0693. The number of ether oxygens (including phenoxy) is 2. The van der Waals surface area contributed by atoms with Crippen molar-refractivity contribution in [1.29, 1.82) is 0 Å². The van der Waals surface area contributed by atoms with E-state index in [1.165, 1.54) is 13.8 Å². The Morgan fingerprint density at radius 3 is 1.17 bits per heavy atom. The summed E-state index contributed by atoms with van der Waals surface area (Å²) in [4.78, 5) is 21.3. The molecule has 0 aliphatic heterocycles. The minimum Gasteiger partial charge on any atom is -0.497 e. The van der Waals surface area contributed by atoms with Crippen molar-refractivity contribution in [2.45, 2.75) is 13.8 Å². The molecule has 0 aliphatic carbocycles. The van der Waals surface area contributed by atoms with Gasteiger partial charge >= 0.3 is 0 Å². The molecule has 0 fully saturated rings. The van der Waals surface area contributed by atoms with Crippen LogP contribution in [0.4, 0.5) is 11.4 Å². The van der Waals surface area contributed by atoms with Gasteiger partial charge in [0, 0.05) is 25.2 Å². The van der Waals surface area contributed by atoms with Crippen LogP contribution in [-0.2, 0) is 9.59 Å². The molecule has 128 valence electrons. The Hall–Kier alpha value is -3.02. The average molecular weight is 330 g/mol. The number of hydrogen-bond acceptors (Lipinski definition) is 4. The normalized spacial score (nSPS) is 9.17. The Morgan fingerprint density at radius 2 is 0.958 bits per heavy atom. The molecule has 2 amide bonds. The highest BCUT2D eigenvalue weighted by atomic mass is 16.5. The van der Waals surface area contributed by atoms with E-state index in [1.54, 1.807) is 62.8 Å². The van der Waals surface area contributed by atoms with Gasteiger partial charge < -0.3 is 20.1 Å². The van der Waals surface area contributed by atoms with Crippen LogP contribution in [0.5, 0.6) is 11.5 Å². The summed E-state index contributed by atoms with van der Waals surface area (Å²) < 4.78 is 9.92. The molecule has 0 unspecified atom stereocenters. The van der Waals surface area contributed by atoms with Gasteiger partial charge in [0.15, 0.2) is 0 Å². The van der Waals surface area contributed by atoms with Gasteiger partial charge in [0.25, 0.3) is 0 Å². The molecule has 2 aromatic carbocycles. The Bertz CT molecular complexity index is 592. The minimum atomic E-state index is -0.0693. The lowest BCUT2D eigenvalue weighted by Crippen LogP contribution is -2.05. The highest BCUT2D eigenvalue weighted by molar-refractivity contribution is 5.89. The zero-order chi connectivity index (χ0) is 17.9. The first kappa shape index (κ1) is 19.0. The van der Waals surface area contributed by atoms with Crippen LogP contribution < -0.4 is 20.1 Å². The second-order valence-electron chi connectivity index (χ2n) is 4.82. The molecule has 0 bridgehead atoms. The van der Waals surface area contributed by atoms with Gasteiger partial charge in [-0.3, -0.25) is 9.59 Å². The van der Waals surface area contributed by atoms with E-state index in [-0.39, 0.29) is 11.8 Å². The summed E-state index contributed by atoms with van der Waals surface area (Å²) in [6, 6.07) is 14.4. The molecule has 0 aromatic heterocycles. The summed E-state index contributed by atoms with van der Waals surface area (Å²) in [6.07, 6.45) is 0. The molecule has 2 rings (SSSR count). The number of benzene rings is 2. The first-order valence-corrected chi connectivity index (χ1v) is 7.28. The average Bonchev–Trinajstić information content (AvgIpc) is 2.56. The molecular formula is C18H22N2O4. The summed E-state index contributed by atoms with van der Waals surface area (Å²) in [5.41, 5.74) is 1.56. The Balaban J connectivity index is 0.000000240. The van der Waals surface area contributed by atoms with E-state index in [4.69, 9.17) is 9.47 Å². The van der Waals surface area contributed by atoms with E-state index < -0.39 is 0 Å². The lowest BCUT2D eigenvalue weighted by Gasteiger charge is -2.02. The third-order valence-electron chi connectivity index (χ3n) is 2.82. The van der Waals surface area contributed by atoms with Crippen LogP contribution in [0.1, 0.15) is 13.8 Å². The number of nitrogens with one attached hydrogen (secondary N) is 2. The predicted octanol–water partition coefficient (Wildman–Crippen LogP) is 3.31. The number of amides is 2. The van der Waals surface area contributed by atoms with Crippen LogP contribution in [0.2, 0.25) is 0 Å². The van der Waals surface area contributed by atoms with Gasteiger partial charge in [-0.15, -0.1) is 0 Å². The third kappa shape index (κ3) is 7.31. The largest absolute Gasteiger partial charge is 0.497 e. The molecule has 6 heteroatoms. The highest BCUT2D eigenvalue weighted by Gasteiger charge is 1.95. The maximum Gasteiger partial charge on any atom is 0.221 e. The maximum absolute atomic E-state index is 10.6. The molecule has 0 atom stereocenters. The fourth-order valence-corrected chi connectivity index (χ4v) is 1.76. The lowest BCUT2D eigenvalue weighted by molar-refractivity contribution is -0.115. The van der Waals surface area contributed by atoms with Crippen LogP contribution >= 0.6 is 0 Å². The molecule has 0 radical (unpaired) electrons. The lowest BCUT2D eigenvalue weighted by atomic mass is 10.3. The topological polar surface area (TPSA) is 76.7 Å². The smallest absolute Gasteiger partial charge is 0.221 e. The molecule has 0 aliphatic rings. The Labute approximate surface area is 141 Å². The quantitative estimate of drug-likeness (QED) is 0.902. The van der Waals surface area contributed by atoms with Gasteiger partial charge in [-0.05, 0) is 48.5 Å². The number of methoxy groups -OCH3 is 2. The number of anilines is 2. The zero-order valence-electron chi connectivity index (χ0n) is 14.3. The fourth-order valence-electron chi connectivity index (χ4n) is 1.76. The molecule has 0 spiro atoms. The molecule has 2 aromatic rings. The second-order valence-corrected chi connectivity index (χ2v) is 4.82. The summed E-state index contributed by atoms with van der Waals surface area (Å²) in [5.74, 6) is 1.42. The van der Waals surface area contributed by atoms with E-state index >= 15 is 0 Å². The van der Waals surface area contributed by atoms with E-state index in [2.05, 4.69) is 10.6 Å². The van der Waals surface area contributed by atoms with Gasteiger partial charge in [-0.25, -0.2) is 0 Å². The van der Waals surface area contributed by atoms with Crippen LogP contribution in [0.3, 0.4) is 0 Å². The Kier molecular flexibility index (Phi) is 7.84. The molecule has 0 saturated heterocycles. The van der Waals surface area contributed by atoms with Crippen LogP contribution in [0.25, 0.3) is 0 Å². The van der Waals surface area contributed by atoms with Gasteiger partial charge in [-0.1, -0.05) is 0 Å². The summed E-state index contributed by atoms with van der Waals surface area (Å²) >= 11 is 0. The van der Waals surface area contributed by atoms with Crippen molar-refractivity contribution in [2.75, 3.05) is 24.9 Å². The van der Waals surface area contributed by atoms with Crippen molar-refractivity contribution in [3.05, 3.63) is 48.5 Å². The van der Waals surface area contributed by atoms with Crippen LogP contribution in [0.15, 0.2) is 48.5 Å². The summed E-state index contributed by atoms with van der Waals surface area (Å²) in [5, 5.41) is 5.32. The number of rotatable bonds is 4. The van der Waals surface area contributed by atoms with Crippen molar-refractivity contribution in [3.63, 3.8) is 0 Å². The molecular weight excluding hydrogens is 308 g/mol. The number of carbonyl (C=O) groups excluding carboxylic acids is 2. The van der Waals surface area contributed by atoms with Crippen LogP contribution in [0, 0.1) is 0 Å². The highest BCUT2D eigenvalue weighted by Crippen LogP contribution is 2.15. The standard InChI is InChI=1S/2C9H11NO2/c2*1-7(11)10-8-3-5-9(12-2)6-4-8/h2*3-6H,1-2H3,(H,10,11). The van der Waals surface area contributed by atoms with Gasteiger partial charge in [-0.2, -0.15) is 0 Å². The van der Waals surface area contributed by atoms with E-state index in [9.17, 15) is 9.59 Å². The molecule has 0 heterocycles. The van der Waals surface area contributed by atoms with Gasteiger partial charge in [0.05, 0.1) is 14.2 Å². The zero-order valence-corrected chi connectivity index (χ0v) is 14.3. The van der Waals surface area contributed by atoms with E-state index in [0.29, 0.717) is 0 Å². The van der Waals surface area contributed by atoms with Gasteiger partial charge in [0.2, 0.25) is 11.8 Å². The molecule has 24 heavy (non-hydrogen) atoms. The summed E-state index contributed by atoms with van der Waals surface area (Å²) in [6.45, 7) is 2.95. The fraction of sp³-hybridized carbons (Fsp3) is 0.222. The Morgan fingerprint density at radius 1 is 0.667 bits per heavy atom. The number of hydrogen-bond donors (Lipinski definition) is 2. The summed E-state index contributed by atoms with van der Waals surface area (Å²) in [7, 11) is 3.21. The maximum atomic E-state index is 10.6. The van der Waals surface area contributed by atoms with E-state index in [1.807, 2.05) is 0 Å².